The van der Waals surface area contributed by atoms with Gasteiger partial charge in [0.1, 0.15) is 5.82 Å². The monoisotopic (exact) mass is 493 g/mol. The number of ether oxygens (including phenoxy) is 1. The number of nitrogens with one attached hydrogen (secondary N) is 1. The first-order valence-corrected chi connectivity index (χ1v) is 13.9. The minimum atomic E-state index is 0.122. The van der Waals surface area contributed by atoms with Crippen molar-refractivity contribution >= 4 is 11.9 Å². The zero-order valence-electron chi connectivity index (χ0n) is 21.4. The lowest BCUT2D eigenvalue weighted by atomic mass is 9.82. The largest absolute Gasteiger partial charge is 0.379 e. The van der Waals surface area contributed by atoms with E-state index >= 15 is 0 Å². The number of pyridine rings is 1. The number of nitrogens with zero attached hydrogens (tertiary/aromatic N) is 6. The van der Waals surface area contributed by atoms with Crippen LogP contribution in [0.25, 0.3) is 0 Å². The molecule has 2 aromatic heterocycles. The third-order valence-electron chi connectivity index (χ3n) is 8.60. The minimum Gasteiger partial charge on any atom is -0.379 e. The number of anilines is 2. The molecule has 2 saturated heterocycles. The summed E-state index contributed by atoms with van der Waals surface area (Å²) in [7, 11) is 0. The number of hydrogen-bond acceptors (Lipinski definition) is 8. The number of hydrogen-bond donors (Lipinski definition) is 1. The molecule has 9 nitrogen and oxygen atoms in total. The van der Waals surface area contributed by atoms with Crippen molar-refractivity contribution in [1.82, 2.24) is 24.4 Å². The van der Waals surface area contributed by atoms with Crippen LogP contribution in [-0.4, -0.2) is 76.9 Å². The summed E-state index contributed by atoms with van der Waals surface area (Å²) in [6, 6.07) is 5.70. The van der Waals surface area contributed by atoms with Gasteiger partial charge in [-0.2, -0.15) is 15.0 Å². The standard InChI is InChI=1S/C27H39N7O2/c1-19-5-7-21(8-6-19)25-29-26(28-9-10-32-11-13-36-14-12-32)31-27(30-25)33-16-20-15-22(18-33)23-3-2-4-24(35)34(23)17-20/h2-4,19-22H,5-18H2,1H3,(H,28,29,30,31). The molecule has 2 bridgehead atoms. The maximum absolute atomic E-state index is 12.4. The van der Waals surface area contributed by atoms with Crippen molar-refractivity contribution in [3.8, 4) is 0 Å². The highest BCUT2D eigenvalue weighted by Gasteiger charge is 2.36. The molecule has 0 spiro atoms. The summed E-state index contributed by atoms with van der Waals surface area (Å²) in [6.07, 6.45) is 5.91. The molecule has 1 aliphatic carbocycles. The Morgan fingerprint density at radius 1 is 1.00 bits per heavy atom. The molecule has 0 radical (unpaired) electrons. The Labute approximate surface area is 213 Å². The second-order valence-electron chi connectivity index (χ2n) is 11.3. The predicted octanol–water partition coefficient (Wildman–Crippen LogP) is 2.69. The van der Waals surface area contributed by atoms with Crippen LogP contribution >= 0.6 is 0 Å². The van der Waals surface area contributed by atoms with Crippen LogP contribution in [0.2, 0.25) is 0 Å². The normalized spacial score (nSPS) is 28.5. The molecule has 2 unspecified atom stereocenters. The summed E-state index contributed by atoms with van der Waals surface area (Å²) in [6.45, 7) is 10.2. The fraction of sp³-hybridized carbons (Fsp3) is 0.704. The van der Waals surface area contributed by atoms with Crippen LogP contribution in [0.1, 0.15) is 62.4 Å². The lowest BCUT2D eigenvalue weighted by Crippen LogP contribution is -2.47. The number of rotatable bonds is 6. The molecule has 2 aromatic rings. The molecule has 3 aliphatic heterocycles. The van der Waals surface area contributed by atoms with E-state index in [4.69, 9.17) is 19.7 Å². The first kappa shape index (κ1) is 23.9. The number of morpholine rings is 1. The molecule has 2 atom stereocenters. The van der Waals surface area contributed by atoms with E-state index in [-0.39, 0.29) is 5.56 Å². The molecule has 3 fully saturated rings. The van der Waals surface area contributed by atoms with E-state index in [1.54, 1.807) is 6.07 Å². The molecule has 9 heteroatoms. The van der Waals surface area contributed by atoms with Crippen molar-refractivity contribution in [1.29, 1.82) is 0 Å². The van der Waals surface area contributed by atoms with Crippen molar-refractivity contribution in [3.63, 3.8) is 0 Å². The van der Waals surface area contributed by atoms with Gasteiger partial charge < -0.3 is 19.5 Å². The highest BCUT2D eigenvalue weighted by molar-refractivity contribution is 5.40. The van der Waals surface area contributed by atoms with Crippen molar-refractivity contribution in [2.45, 2.75) is 57.4 Å². The second-order valence-corrected chi connectivity index (χ2v) is 11.3. The Hall–Kier alpha value is -2.52. The minimum absolute atomic E-state index is 0.122. The summed E-state index contributed by atoms with van der Waals surface area (Å²) in [5, 5.41) is 3.52. The van der Waals surface area contributed by atoms with Gasteiger partial charge in [-0.1, -0.05) is 25.8 Å². The lowest BCUT2D eigenvalue weighted by molar-refractivity contribution is 0.0398. The van der Waals surface area contributed by atoms with Gasteiger partial charge in [-0.15, -0.1) is 0 Å². The average molecular weight is 494 g/mol. The molecule has 6 rings (SSSR count). The van der Waals surface area contributed by atoms with Gasteiger partial charge in [0.25, 0.3) is 5.56 Å². The van der Waals surface area contributed by atoms with Crippen LogP contribution in [-0.2, 0) is 11.3 Å². The Balaban J connectivity index is 1.23. The van der Waals surface area contributed by atoms with Gasteiger partial charge in [0, 0.05) is 69.4 Å². The van der Waals surface area contributed by atoms with Gasteiger partial charge in [0.15, 0.2) is 0 Å². The molecular formula is C27H39N7O2. The summed E-state index contributed by atoms with van der Waals surface area (Å²) >= 11 is 0. The SMILES string of the molecule is CC1CCC(c2nc(NCCN3CCOCC3)nc(N3CC4CC(C3)c3cccc(=O)n3C4)n2)CC1. The van der Waals surface area contributed by atoms with E-state index < -0.39 is 0 Å². The maximum Gasteiger partial charge on any atom is 0.250 e. The first-order valence-electron chi connectivity index (χ1n) is 13.9. The second kappa shape index (κ2) is 10.5. The zero-order chi connectivity index (χ0) is 24.5. The van der Waals surface area contributed by atoms with Gasteiger partial charge >= 0.3 is 0 Å². The van der Waals surface area contributed by atoms with Gasteiger partial charge in [-0.25, -0.2) is 0 Å². The lowest BCUT2D eigenvalue weighted by Gasteiger charge is -2.42. The fourth-order valence-corrected chi connectivity index (χ4v) is 6.51. The van der Waals surface area contributed by atoms with Crippen LogP contribution in [0.5, 0.6) is 0 Å². The molecule has 1 saturated carbocycles. The molecule has 0 aromatic carbocycles. The quantitative estimate of drug-likeness (QED) is 0.657. The number of fused-ring (bicyclic) bond motifs is 4. The predicted molar refractivity (Wildman–Crippen MR) is 140 cm³/mol. The Morgan fingerprint density at radius 3 is 2.67 bits per heavy atom. The van der Waals surface area contributed by atoms with E-state index in [1.807, 2.05) is 10.6 Å². The van der Waals surface area contributed by atoms with Crippen LogP contribution < -0.4 is 15.8 Å². The molecular weight excluding hydrogens is 454 g/mol. The van der Waals surface area contributed by atoms with Crippen LogP contribution in [0.3, 0.4) is 0 Å². The topological polar surface area (TPSA) is 88.4 Å². The van der Waals surface area contributed by atoms with Crippen molar-refractivity contribution < 1.29 is 4.74 Å². The van der Waals surface area contributed by atoms with Gasteiger partial charge in [0.05, 0.1) is 13.2 Å². The fourth-order valence-electron chi connectivity index (χ4n) is 6.51. The first-order chi connectivity index (χ1) is 17.6. The van der Waals surface area contributed by atoms with Crippen molar-refractivity contribution in [2.75, 3.05) is 62.7 Å². The van der Waals surface area contributed by atoms with E-state index in [1.165, 1.54) is 12.8 Å². The van der Waals surface area contributed by atoms with E-state index in [2.05, 4.69) is 28.1 Å². The third-order valence-corrected chi connectivity index (χ3v) is 8.60. The molecule has 36 heavy (non-hydrogen) atoms. The van der Waals surface area contributed by atoms with Gasteiger partial charge in [-0.3, -0.25) is 9.69 Å². The Bertz CT molecular complexity index is 1110. The molecule has 5 heterocycles. The van der Waals surface area contributed by atoms with Gasteiger partial charge in [-0.05, 0) is 37.2 Å². The van der Waals surface area contributed by atoms with Gasteiger partial charge in [0.2, 0.25) is 11.9 Å². The highest BCUT2D eigenvalue weighted by Crippen LogP contribution is 2.38. The van der Waals surface area contributed by atoms with E-state index in [0.717, 1.165) is 102 Å². The number of piperidine rings is 1. The van der Waals surface area contributed by atoms with Crippen molar-refractivity contribution in [2.24, 2.45) is 11.8 Å². The molecule has 194 valence electrons. The van der Waals surface area contributed by atoms with Crippen LogP contribution in [0, 0.1) is 11.8 Å². The smallest absolute Gasteiger partial charge is 0.250 e. The van der Waals surface area contributed by atoms with Crippen LogP contribution in [0.4, 0.5) is 11.9 Å². The third kappa shape index (κ3) is 5.13. The summed E-state index contributed by atoms with van der Waals surface area (Å²) in [5.41, 5.74) is 1.28. The Morgan fingerprint density at radius 2 is 1.83 bits per heavy atom. The average Bonchev–Trinajstić information content (AvgIpc) is 2.90. The summed E-state index contributed by atoms with van der Waals surface area (Å²) < 4.78 is 7.46. The number of aromatic nitrogens is 4. The maximum atomic E-state index is 12.4. The summed E-state index contributed by atoms with van der Waals surface area (Å²) in [4.78, 5) is 32.2. The molecule has 4 aliphatic rings. The van der Waals surface area contributed by atoms with Crippen LogP contribution in [0.15, 0.2) is 23.0 Å². The zero-order valence-corrected chi connectivity index (χ0v) is 21.4. The molecule has 1 N–H and O–H groups in total. The summed E-state index contributed by atoms with van der Waals surface area (Å²) in [5.74, 6) is 4.42. The highest BCUT2D eigenvalue weighted by atomic mass is 16.5. The molecule has 0 amide bonds. The van der Waals surface area contributed by atoms with E-state index in [9.17, 15) is 4.79 Å². The van der Waals surface area contributed by atoms with E-state index in [0.29, 0.717) is 23.7 Å². The Kier molecular flexibility index (Phi) is 6.93. The van der Waals surface area contributed by atoms with Crippen molar-refractivity contribution in [3.05, 3.63) is 40.1 Å².